The Hall–Kier alpha value is -2.76. The molecule has 0 unspecified atom stereocenters. The smallest absolute Gasteiger partial charge is 0.369 e. The quantitative estimate of drug-likeness (QED) is 0.673. The fraction of sp³-hybridized carbons (Fsp3) is 0.471. The van der Waals surface area contributed by atoms with E-state index < -0.39 is 17.9 Å². The van der Waals surface area contributed by atoms with Crippen molar-refractivity contribution in [2.75, 3.05) is 11.4 Å². The molecular formula is C17H18F3N7OS. The summed E-state index contributed by atoms with van der Waals surface area (Å²) in [7, 11) is 0. The first kappa shape index (κ1) is 19.6. The number of thiophene rings is 1. The minimum atomic E-state index is -4.55. The van der Waals surface area contributed by atoms with Gasteiger partial charge in [0.2, 0.25) is 11.7 Å². The Morgan fingerprint density at radius 1 is 1.28 bits per heavy atom. The summed E-state index contributed by atoms with van der Waals surface area (Å²) in [5.74, 6) is -0.444. The molecule has 2 N–H and O–H groups in total. The fourth-order valence-corrected chi connectivity index (χ4v) is 4.54. The molecule has 0 bridgehead atoms. The van der Waals surface area contributed by atoms with E-state index in [1.165, 1.54) is 11.3 Å². The highest BCUT2D eigenvalue weighted by Crippen LogP contribution is 2.34. The highest BCUT2D eigenvalue weighted by Gasteiger charge is 2.39. The van der Waals surface area contributed by atoms with Crippen LogP contribution < -0.4 is 10.6 Å². The Morgan fingerprint density at radius 2 is 2.07 bits per heavy atom. The van der Waals surface area contributed by atoms with Crippen LogP contribution in [0.5, 0.6) is 0 Å². The van der Waals surface area contributed by atoms with Gasteiger partial charge in [-0.05, 0) is 12.5 Å². The molecule has 0 saturated carbocycles. The van der Waals surface area contributed by atoms with Crippen LogP contribution in [0.1, 0.15) is 35.7 Å². The van der Waals surface area contributed by atoms with Crippen LogP contribution in [-0.2, 0) is 36.9 Å². The zero-order valence-corrected chi connectivity index (χ0v) is 16.3. The van der Waals surface area contributed by atoms with Gasteiger partial charge in [-0.2, -0.15) is 13.2 Å². The average molecular weight is 425 g/mol. The van der Waals surface area contributed by atoms with Crippen LogP contribution in [0.15, 0.2) is 6.07 Å². The number of aromatic nitrogens is 5. The van der Waals surface area contributed by atoms with Crippen LogP contribution in [0.2, 0.25) is 0 Å². The molecule has 0 saturated heterocycles. The fourth-order valence-electron chi connectivity index (χ4n) is 3.39. The third-order valence-electron chi connectivity index (χ3n) is 4.60. The number of fused-ring (bicyclic) bond motifs is 2. The number of rotatable bonds is 5. The second-order valence-corrected chi connectivity index (χ2v) is 7.91. The van der Waals surface area contributed by atoms with Crippen molar-refractivity contribution in [2.24, 2.45) is 5.73 Å². The summed E-state index contributed by atoms with van der Waals surface area (Å²) >= 11 is 1.52. The minimum Gasteiger partial charge on any atom is -0.369 e. The molecule has 12 heteroatoms. The molecule has 29 heavy (non-hydrogen) atoms. The zero-order valence-electron chi connectivity index (χ0n) is 15.5. The predicted molar refractivity (Wildman–Crippen MR) is 100 cm³/mol. The van der Waals surface area contributed by atoms with Crippen LogP contribution in [0.3, 0.4) is 0 Å². The number of carbonyl (C=O) groups excluding carboxylic acids is 1. The lowest BCUT2D eigenvalue weighted by Crippen LogP contribution is -2.36. The van der Waals surface area contributed by atoms with Crippen molar-refractivity contribution in [3.05, 3.63) is 28.4 Å². The number of amides is 1. The third kappa shape index (κ3) is 3.76. The lowest BCUT2D eigenvalue weighted by molar-refractivity contribution is -0.147. The first-order valence-corrected chi connectivity index (χ1v) is 9.89. The van der Waals surface area contributed by atoms with Gasteiger partial charge in [-0.25, -0.2) is 9.97 Å². The van der Waals surface area contributed by atoms with Crippen molar-refractivity contribution in [3.63, 3.8) is 0 Å². The molecule has 0 radical (unpaired) electrons. The zero-order chi connectivity index (χ0) is 20.8. The van der Waals surface area contributed by atoms with Gasteiger partial charge in [0, 0.05) is 18.0 Å². The lowest BCUT2D eigenvalue weighted by atomic mass is 10.2. The highest BCUT2D eigenvalue weighted by molar-refractivity contribution is 7.18. The van der Waals surface area contributed by atoms with E-state index in [9.17, 15) is 18.0 Å². The van der Waals surface area contributed by atoms with Crippen LogP contribution in [-0.4, -0.2) is 37.2 Å². The summed E-state index contributed by atoms with van der Waals surface area (Å²) in [4.78, 5) is 24.0. The maximum Gasteiger partial charge on any atom is 0.451 e. The molecule has 0 aliphatic carbocycles. The van der Waals surface area contributed by atoms with Gasteiger partial charge >= 0.3 is 6.18 Å². The Labute approximate surface area is 167 Å². The van der Waals surface area contributed by atoms with Crippen molar-refractivity contribution in [3.8, 4) is 0 Å². The number of alkyl halides is 3. The predicted octanol–water partition coefficient (Wildman–Crippen LogP) is 2.30. The second kappa shape index (κ2) is 7.25. The maximum absolute atomic E-state index is 13.1. The van der Waals surface area contributed by atoms with Crippen LogP contribution in [0.4, 0.5) is 19.0 Å². The second-order valence-electron chi connectivity index (χ2n) is 6.80. The number of aryl methyl sites for hydroxylation is 1. The van der Waals surface area contributed by atoms with Gasteiger partial charge in [-0.1, -0.05) is 13.3 Å². The number of nitrogens with zero attached hydrogens (tertiary/aromatic N) is 6. The van der Waals surface area contributed by atoms with Crippen LogP contribution >= 0.6 is 11.3 Å². The molecule has 0 atom stereocenters. The number of anilines is 1. The molecule has 0 fully saturated rings. The molecule has 3 aromatic rings. The number of primary amides is 1. The number of halogens is 3. The van der Waals surface area contributed by atoms with Gasteiger partial charge in [0.05, 0.1) is 18.4 Å². The minimum absolute atomic E-state index is 0.0831. The van der Waals surface area contributed by atoms with Crippen LogP contribution in [0.25, 0.3) is 10.2 Å². The summed E-state index contributed by atoms with van der Waals surface area (Å²) < 4.78 is 40.4. The summed E-state index contributed by atoms with van der Waals surface area (Å²) in [5, 5.41) is 7.85. The van der Waals surface area contributed by atoms with Gasteiger partial charge in [0.25, 0.3) is 0 Å². The van der Waals surface area contributed by atoms with Gasteiger partial charge < -0.3 is 15.2 Å². The van der Waals surface area contributed by atoms with Crippen molar-refractivity contribution in [1.29, 1.82) is 0 Å². The topological polar surface area (TPSA) is 103 Å². The Kier molecular flexibility index (Phi) is 4.89. The molecular weight excluding hydrogens is 407 g/mol. The van der Waals surface area contributed by atoms with E-state index in [0.717, 1.165) is 32.5 Å². The molecule has 0 spiro atoms. The Morgan fingerprint density at radius 3 is 2.76 bits per heavy atom. The Balaban J connectivity index is 1.74. The van der Waals surface area contributed by atoms with E-state index in [-0.39, 0.29) is 25.3 Å². The summed E-state index contributed by atoms with van der Waals surface area (Å²) in [6, 6.07) is 2.01. The maximum atomic E-state index is 13.1. The monoisotopic (exact) mass is 425 g/mol. The van der Waals surface area contributed by atoms with Gasteiger partial charge in [-0.3, -0.25) is 4.79 Å². The Bertz CT molecular complexity index is 1080. The number of hydrogen-bond acceptors (Lipinski definition) is 7. The first-order valence-electron chi connectivity index (χ1n) is 9.08. The van der Waals surface area contributed by atoms with Crippen molar-refractivity contribution < 1.29 is 18.0 Å². The molecule has 154 valence electrons. The number of nitrogens with two attached hydrogens (primary N) is 1. The molecule has 4 heterocycles. The van der Waals surface area contributed by atoms with Gasteiger partial charge in [0.1, 0.15) is 16.5 Å². The summed E-state index contributed by atoms with van der Waals surface area (Å²) in [6.45, 7) is 2.59. The largest absolute Gasteiger partial charge is 0.451 e. The van der Waals surface area contributed by atoms with Crippen molar-refractivity contribution >= 4 is 33.3 Å². The summed E-state index contributed by atoms with van der Waals surface area (Å²) in [6.07, 6.45) is -2.80. The molecule has 1 aliphatic heterocycles. The summed E-state index contributed by atoms with van der Waals surface area (Å²) in [5.41, 5.74) is 5.30. The molecule has 8 nitrogen and oxygen atoms in total. The SMILES string of the molecule is CCCc1cc2c(N3CCn4c(nnc4C(F)(F)F)C3)nc(CC(N)=O)nc2s1. The van der Waals surface area contributed by atoms with Crippen molar-refractivity contribution in [2.45, 2.75) is 45.5 Å². The van der Waals surface area contributed by atoms with E-state index in [1.54, 1.807) is 0 Å². The first-order chi connectivity index (χ1) is 13.8. The van der Waals surface area contributed by atoms with E-state index in [0.29, 0.717) is 18.2 Å². The lowest BCUT2D eigenvalue weighted by Gasteiger charge is -2.29. The number of hydrogen-bond donors (Lipinski definition) is 1. The molecule has 1 amide bonds. The van der Waals surface area contributed by atoms with Crippen LogP contribution in [0, 0.1) is 0 Å². The molecule has 1 aliphatic rings. The van der Waals surface area contributed by atoms with E-state index in [2.05, 4.69) is 27.1 Å². The average Bonchev–Trinajstić information content (AvgIpc) is 3.23. The highest BCUT2D eigenvalue weighted by atomic mass is 32.1. The normalized spacial score (nSPS) is 14.4. The molecule has 0 aromatic carbocycles. The molecule has 4 rings (SSSR count). The standard InChI is InChI=1S/C17H18F3N7OS/c1-2-3-9-6-10-14(22-12(7-11(21)28)23-15(10)29-9)26-4-5-27-13(8-26)24-25-16(27)17(18,19)20/h6H,2-5,7-8H2,1H3,(H2,21,28). The van der Waals surface area contributed by atoms with E-state index >= 15 is 0 Å². The number of carbonyl (C=O) groups is 1. The van der Waals surface area contributed by atoms with Gasteiger partial charge in [0.15, 0.2) is 5.82 Å². The van der Waals surface area contributed by atoms with Crippen molar-refractivity contribution in [1.82, 2.24) is 24.7 Å². The van der Waals surface area contributed by atoms with E-state index in [1.807, 2.05) is 11.0 Å². The van der Waals surface area contributed by atoms with Gasteiger partial charge in [-0.15, -0.1) is 21.5 Å². The molecule has 3 aromatic heterocycles. The third-order valence-corrected chi connectivity index (χ3v) is 5.69. The van der Waals surface area contributed by atoms with E-state index in [4.69, 9.17) is 5.73 Å².